The Labute approximate surface area is 155 Å². The first kappa shape index (κ1) is 23.7. The number of unbranched alkanes of at least 4 members (excludes halogenated alkanes) is 9. The molecule has 138 valence electrons. The largest absolute Gasteiger partial charge is 0.417 e. The number of rotatable bonds is 17. The summed E-state index contributed by atoms with van der Waals surface area (Å²) in [4.78, 5) is 0. The van der Waals surface area contributed by atoms with E-state index >= 15 is 0 Å². The molecule has 4 heteroatoms. The lowest BCUT2D eigenvalue weighted by atomic mass is 10.1. The molecule has 2 radical (unpaired) electrons. The molecule has 0 spiro atoms. The monoisotopic (exact) mass is 376 g/mol. The molecule has 23 heavy (non-hydrogen) atoms. The zero-order chi connectivity index (χ0) is 17.4. The van der Waals surface area contributed by atoms with Crippen molar-refractivity contribution in [2.24, 2.45) is 0 Å². The highest BCUT2D eigenvalue weighted by Crippen LogP contribution is 2.29. The average molecular weight is 377 g/mol. The average Bonchev–Trinajstić information content (AvgIpc) is 2.51. The van der Waals surface area contributed by atoms with Gasteiger partial charge in [0.2, 0.25) is 9.76 Å². The zero-order valence-corrected chi connectivity index (χ0v) is 19.0. The van der Waals surface area contributed by atoms with Crippen LogP contribution in [0.5, 0.6) is 0 Å². The molecule has 0 N–H and O–H groups in total. The summed E-state index contributed by atoms with van der Waals surface area (Å²) in [6, 6.07) is 2.45. The van der Waals surface area contributed by atoms with E-state index < -0.39 is 7.38 Å². The summed E-state index contributed by atoms with van der Waals surface area (Å²) in [5.74, 6) is 0. The van der Waals surface area contributed by atoms with E-state index in [1.807, 2.05) is 0 Å². The maximum absolute atomic E-state index is 6.62. The fourth-order valence-corrected chi connectivity index (χ4v) is 5.25. The maximum Gasteiger partial charge on any atom is 0.229 e. The molecule has 0 saturated heterocycles. The van der Waals surface area contributed by atoms with Gasteiger partial charge in [0, 0.05) is 6.61 Å². The van der Waals surface area contributed by atoms with Gasteiger partial charge in [-0.2, -0.15) is 11.1 Å². The number of halogens is 1. The van der Waals surface area contributed by atoms with E-state index in [1.165, 1.54) is 76.3 Å². The van der Waals surface area contributed by atoms with Crippen molar-refractivity contribution in [3.63, 3.8) is 0 Å². The Hall–Kier alpha value is 0.684. The Bertz CT molecular complexity index is 248. The van der Waals surface area contributed by atoms with Crippen molar-refractivity contribution in [3.8, 4) is 0 Å². The summed E-state index contributed by atoms with van der Waals surface area (Å²) in [7, 11) is -0.786. The standard InChI is InChI=1S/C19H41ClOSi2/c1-5-6-7-8-9-10-11-12-13-14-17-22-21-16-15-18-23(4,20)19(2)3/h19H,5-18H2,1-4H3. The Morgan fingerprint density at radius 2 is 1.39 bits per heavy atom. The summed E-state index contributed by atoms with van der Waals surface area (Å²) >= 11 is 6.62. The smallest absolute Gasteiger partial charge is 0.229 e. The minimum absolute atomic E-state index is 0.665. The van der Waals surface area contributed by atoms with Crippen molar-refractivity contribution >= 4 is 28.2 Å². The molecule has 0 amide bonds. The van der Waals surface area contributed by atoms with Crippen LogP contribution in [0.2, 0.25) is 24.2 Å². The van der Waals surface area contributed by atoms with Crippen LogP contribution in [0.25, 0.3) is 0 Å². The van der Waals surface area contributed by atoms with Gasteiger partial charge in [-0.25, -0.2) is 0 Å². The van der Waals surface area contributed by atoms with Crippen LogP contribution < -0.4 is 0 Å². The summed E-state index contributed by atoms with van der Waals surface area (Å²) in [5.41, 5.74) is 0.665. The fourth-order valence-electron chi connectivity index (χ4n) is 2.61. The van der Waals surface area contributed by atoms with Crippen LogP contribution in [0, 0.1) is 0 Å². The van der Waals surface area contributed by atoms with Gasteiger partial charge in [-0.05, 0) is 24.1 Å². The van der Waals surface area contributed by atoms with Crippen LogP contribution in [-0.4, -0.2) is 23.8 Å². The Kier molecular flexibility index (Phi) is 16.6. The van der Waals surface area contributed by atoms with Crippen molar-refractivity contribution in [2.75, 3.05) is 6.61 Å². The van der Waals surface area contributed by atoms with Crippen LogP contribution in [0.4, 0.5) is 0 Å². The first-order valence-electron chi connectivity index (χ1n) is 10.0. The third-order valence-corrected chi connectivity index (χ3v) is 11.4. The predicted octanol–water partition coefficient (Wildman–Crippen LogP) is 7.58. The van der Waals surface area contributed by atoms with Crippen LogP contribution in [0.3, 0.4) is 0 Å². The molecule has 0 aromatic rings. The highest BCUT2D eigenvalue weighted by atomic mass is 35.6. The maximum atomic E-state index is 6.62. The summed E-state index contributed by atoms with van der Waals surface area (Å²) < 4.78 is 5.78. The van der Waals surface area contributed by atoms with Gasteiger partial charge in [0.05, 0.1) is 0 Å². The lowest BCUT2D eigenvalue weighted by Crippen LogP contribution is -2.26. The predicted molar refractivity (Wildman–Crippen MR) is 110 cm³/mol. The van der Waals surface area contributed by atoms with E-state index in [2.05, 4.69) is 27.3 Å². The number of hydrogen-bond donors (Lipinski definition) is 0. The Balaban J connectivity index is 3.14. The van der Waals surface area contributed by atoms with E-state index in [9.17, 15) is 0 Å². The molecule has 0 fully saturated rings. The second-order valence-corrected chi connectivity index (χ2v) is 15.3. The third kappa shape index (κ3) is 15.9. The van der Waals surface area contributed by atoms with Crippen molar-refractivity contribution < 1.29 is 4.43 Å². The SMILES string of the molecule is CCCCCCCCCCCC[Si]OCCC[Si](C)(Cl)C(C)C. The summed E-state index contributed by atoms with van der Waals surface area (Å²) in [6.07, 6.45) is 15.3. The first-order valence-corrected chi connectivity index (χ1v) is 15.0. The molecule has 1 unspecified atom stereocenters. The Morgan fingerprint density at radius 3 is 1.91 bits per heavy atom. The van der Waals surface area contributed by atoms with Crippen molar-refractivity contribution in [1.29, 1.82) is 0 Å². The summed E-state index contributed by atoms with van der Waals surface area (Å²) in [6.45, 7) is 10.00. The molecule has 0 heterocycles. The normalized spacial score (nSPS) is 14.3. The van der Waals surface area contributed by atoms with Gasteiger partial charge < -0.3 is 4.43 Å². The molecular formula is C19H41ClOSi2. The minimum Gasteiger partial charge on any atom is -0.417 e. The van der Waals surface area contributed by atoms with Crippen LogP contribution in [0.1, 0.15) is 91.4 Å². The molecule has 0 bridgehead atoms. The Morgan fingerprint density at radius 1 is 0.870 bits per heavy atom. The van der Waals surface area contributed by atoms with Crippen LogP contribution >= 0.6 is 11.1 Å². The highest BCUT2D eigenvalue weighted by molar-refractivity contribution is 7.20. The molecule has 0 aromatic carbocycles. The molecule has 0 aliphatic rings. The molecule has 0 rings (SSSR count). The topological polar surface area (TPSA) is 9.23 Å². The lowest BCUT2D eigenvalue weighted by Gasteiger charge is -2.23. The van der Waals surface area contributed by atoms with Gasteiger partial charge in [0.25, 0.3) is 0 Å². The number of hydrogen-bond acceptors (Lipinski definition) is 1. The molecule has 1 atom stereocenters. The van der Waals surface area contributed by atoms with E-state index in [4.69, 9.17) is 15.5 Å². The van der Waals surface area contributed by atoms with E-state index in [0.29, 0.717) is 15.3 Å². The minimum atomic E-state index is -1.49. The quantitative estimate of drug-likeness (QED) is 0.144. The molecular weight excluding hydrogens is 336 g/mol. The second-order valence-electron chi connectivity index (χ2n) is 7.46. The summed E-state index contributed by atoms with van der Waals surface area (Å²) in [5, 5.41) is 0. The fraction of sp³-hybridized carbons (Fsp3) is 1.00. The van der Waals surface area contributed by atoms with Gasteiger partial charge in [-0.3, -0.25) is 0 Å². The van der Waals surface area contributed by atoms with Gasteiger partial charge in [-0.15, -0.1) is 0 Å². The molecule has 0 saturated carbocycles. The first-order chi connectivity index (χ1) is 11.0. The van der Waals surface area contributed by atoms with Crippen molar-refractivity contribution in [2.45, 2.75) is 116 Å². The zero-order valence-electron chi connectivity index (χ0n) is 16.3. The van der Waals surface area contributed by atoms with Crippen LogP contribution in [-0.2, 0) is 4.43 Å². The van der Waals surface area contributed by atoms with E-state index in [0.717, 1.165) is 13.0 Å². The second kappa shape index (κ2) is 16.2. The van der Waals surface area contributed by atoms with Gasteiger partial charge in [-0.1, -0.05) is 91.5 Å². The van der Waals surface area contributed by atoms with Gasteiger partial charge in [0.15, 0.2) is 7.38 Å². The van der Waals surface area contributed by atoms with Crippen molar-refractivity contribution in [1.82, 2.24) is 0 Å². The van der Waals surface area contributed by atoms with Gasteiger partial charge >= 0.3 is 0 Å². The van der Waals surface area contributed by atoms with Gasteiger partial charge in [0.1, 0.15) is 0 Å². The lowest BCUT2D eigenvalue weighted by molar-refractivity contribution is 0.333. The molecule has 0 aromatic heterocycles. The molecule has 0 aliphatic heterocycles. The van der Waals surface area contributed by atoms with Crippen LogP contribution in [0.15, 0.2) is 0 Å². The molecule has 0 aliphatic carbocycles. The van der Waals surface area contributed by atoms with E-state index in [1.54, 1.807) is 0 Å². The van der Waals surface area contributed by atoms with E-state index in [-0.39, 0.29) is 0 Å². The molecule has 1 nitrogen and oxygen atoms in total. The van der Waals surface area contributed by atoms with Crippen molar-refractivity contribution in [3.05, 3.63) is 0 Å². The third-order valence-electron chi connectivity index (χ3n) is 4.85. The highest BCUT2D eigenvalue weighted by Gasteiger charge is 2.27.